The second-order valence-electron chi connectivity index (χ2n) is 8.25. The Hall–Kier alpha value is -0.610. The van der Waals surface area contributed by atoms with Crippen molar-refractivity contribution in [1.29, 1.82) is 0 Å². The number of alkyl halides is 1. The standard InChI is InChI=1S/C26H48BrNO4/c1-2-3-4-16-21-30-23-25(32-26(29)18-13-9-8-10-14-19-27)24-31-22-17-12-7-5-6-11-15-20-28/h25H,2-10,12-14,16-24,28H2,1H3. The third kappa shape index (κ3) is 24.0. The Morgan fingerprint density at radius 1 is 0.812 bits per heavy atom. The highest BCUT2D eigenvalue weighted by atomic mass is 79.9. The molecule has 1 atom stereocenters. The molecule has 0 aliphatic heterocycles. The molecule has 0 radical (unpaired) electrons. The zero-order valence-electron chi connectivity index (χ0n) is 20.5. The average Bonchev–Trinajstić information content (AvgIpc) is 2.79. The molecular weight excluding hydrogens is 470 g/mol. The van der Waals surface area contributed by atoms with Crippen molar-refractivity contribution in [2.75, 3.05) is 38.3 Å². The topological polar surface area (TPSA) is 70.8 Å². The Balaban J connectivity index is 4.02. The molecule has 6 heteroatoms. The fraction of sp³-hybridized carbons (Fsp3) is 0.885. The molecule has 0 fully saturated rings. The lowest BCUT2D eigenvalue weighted by Crippen LogP contribution is -2.29. The van der Waals surface area contributed by atoms with Gasteiger partial charge in [0, 0.05) is 31.4 Å². The van der Waals surface area contributed by atoms with Crippen LogP contribution in [0.25, 0.3) is 0 Å². The van der Waals surface area contributed by atoms with Crippen molar-refractivity contribution < 1.29 is 19.0 Å². The van der Waals surface area contributed by atoms with E-state index in [2.05, 4.69) is 34.7 Å². The Morgan fingerprint density at radius 2 is 1.41 bits per heavy atom. The highest BCUT2D eigenvalue weighted by molar-refractivity contribution is 9.09. The van der Waals surface area contributed by atoms with Crippen LogP contribution in [-0.4, -0.2) is 50.4 Å². The van der Waals surface area contributed by atoms with Crippen molar-refractivity contribution >= 4 is 21.9 Å². The number of rotatable bonds is 23. The van der Waals surface area contributed by atoms with Gasteiger partial charge in [0.25, 0.3) is 0 Å². The molecule has 0 amide bonds. The van der Waals surface area contributed by atoms with Crippen LogP contribution in [0.5, 0.6) is 0 Å². The lowest BCUT2D eigenvalue weighted by molar-refractivity contribution is -0.156. The van der Waals surface area contributed by atoms with E-state index < -0.39 is 0 Å². The minimum atomic E-state index is -0.311. The summed E-state index contributed by atoms with van der Waals surface area (Å²) >= 11 is 3.45. The van der Waals surface area contributed by atoms with Crippen LogP contribution in [0.4, 0.5) is 0 Å². The first-order valence-corrected chi connectivity index (χ1v) is 13.9. The third-order valence-electron chi connectivity index (χ3n) is 5.13. The molecule has 0 heterocycles. The molecule has 0 saturated heterocycles. The molecule has 0 aromatic heterocycles. The van der Waals surface area contributed by atoms with E-state index in [4.69, 9.17) is 19.9 Å². The lowest BCUT2D eigenvalue weighted by atomic mass is 10.1. The van der Waals surface area contributed by atoms with E-state index in [1.165, 1.54) is 38.5 Å². The Morgan fingerprint density at radius 3 is 2.06 bits per heavy atom. The van der Waals surface area contributed by atoms with Gasteiger partial charge >= 0.3 is 5.97 Å². The number of carbonyl (C=O) groups excluding carboxylic acids is 1. The molecule has 32 heavy (non-hydrogen) atoms. The molecule has 188 valence electrons. The maximum Gasteiger partial charge on any atom is 0.306 e. The van der Waals surface area contributed by atoms with Crippen LogP contribution in [0.2, 0.25) is 0 Å². The van der Waals surface area contributed by atoms with Crippen LogP contribution in [0, 0.1) is 11.8 Å². The van der Waals surface area contributed by atoms with Gasteiger partial charge in [-0.05, 0) is 32.1 Å². The molecule has 0 rings (SSSR count). The number of nitrogens with two attached hydrogens (primary N) is 1. The minimum Gasteiger partial charge on any atom is -0.457 e. The Bertz CT molecular complexity index is 464. The second kappa shape index (κ2) is 26.6. The number of unbranched alkanes of at least 4 members (excludes halogenated alkanes) is 11. The fourth-order valence-electron chi connectivity index (χ4n) is 3.25. The van der Waals surface area contributed by atoms with Gasteiger partial charge in [0.1, 0.15) is 6.10 Å². The van der Waals surface area contributed by atoms with E-state index >= 15 is 0 Å². The third-order valence-corrected chi connectivity index (χ3v) is 5.69. The van der Waals surface area contributed by atoms with E-state index in [9.17, 15) is 4.79 Å². The highest BCUT2D eigenvalue weighted by Crippen LogP contribution is 2.09. The Kier molecular flexibility index (Phi) is 26.1. The zero-order chi connectivity index (χ0) is 23.5. The number of esters is 1. The van der Waals surface area contributed by atoms with E-state index in [-0.39, 0.29) is 12.1 Å². The molecule has 5 nitrogen and oxygen atoms in total. The van der Waals surface area contributed by atoms with Gasteiger partial charge in [0.2, 0.25) is 0 Å². The predicted molar refractivity (Wildman–Crippen MR) is 137 cm³/mol. The lowest BCUT2D eigenvalue weighted by Gasteiger charge is -2.18. The van der Waals surface area contributed by atoms with Gasteiger partial charge in [-0.2, -0.15) is 0 Å². The van der Waals surface area contributed by atoms with Gasteiger partial charge in [-0.25, -0.2) is 0 Å². The minimum absolute atomic E-state index is 0.132. The van der Waals surface area contributed by atoms with Crippen LogP contribution in [0.15, 0.2) is 0 Å². The van der Waals surface area contributed by atoms with Crippen molar-refractivity contribution in [1.82, 2.24) is 0 Å². The number of carbonyl (C=O) groups is 1. The molecule has 0 spiro atoms. The molecule has 0 aromatic rings. The van der Waals surface area contributed by atoms with E-state index in [1.54, 1.807) is 0 Å². The van der Waals surface area contributed by atoms with Gasteiger partial charge in [-0.15, -0.1) is 5.92 Å². The summed E-state index contributed by atoms with van der Waals surface area (Å²) in [5.41, 5.74) is 5.35. The van der Waals surface area contributed by atoms with Crippen LogP contribution in [0.1, 0.15) is 103 Å². The summed E-state index contributed by atoms with van der Waals surface area (Å²) in [7, 11) is 0. The molecule has 0 aliphatic carbocycles. The number of ether oxygens (including phenoxy) is 3. The van der Waals surface area contributed by atoms with Gasteiger partial charge in [-0.1, -0.05) is 80.1 Å². The fourth-order valence-corrected chi connectivity index (χ4v) is 3.64. The van der Waals surface area contributed by atoms with Crippen molar-refractivity contribution in [3.05, 3.63) is 0 Å². The van der Waals surface area contributed by atoms with Crippen molar-refractivity contribution in [3.63, 3.8) is 0 Å². The molecule has 0 aromatic carbocycles. The highest BCUT2D eigenvalue weighted by Gasteiger charge is 2.15. The number of halogens is 1. The SMILES string of the molecule is CCCCCCOCC(COCCCCCCC#CCN)OC(=O)CCCCCCCBr. The largest absolute Gasteiger partial charge is 0.457 e. The predicted octanol–water partition coefficient (Wildman–Crippen LogP) is 6.16. The zero-order valence-corrected chi connectivity index (χ0v) is 22.1. The van der Waals surface area contributed by atoms with Crippen molar-refractivity contribution in [3.8, 4) is 11.8 Å². The smallest absolute Gasteiger partial charge is 0.306 e. The molecule has 0 saturated carbocycles. The number of hydrogen-bond donors (Lipinski definition) is 1. The van der Waals surface area contributed by atoms with Crippen molar-refractivity contribution in [2.24, 2.45) is 5.73 Å². The van der Waals surface area contributed by atoms with Crippen LogP contribution in [-0.2, 0) is 19.0 Å². The summed E-state index contributed by atoms with van der Waals surface area (Å²) in [5.74, 6) is 5.82. The van der Waals surface area contributed by atoms with Crippen molar-refractivity contribution in [2.45, 2.75) is 109 Å². The molecule has 1 unspecified atom stereocenters. The normalized spacial score (nSPS) is 11.7. The molecular formula is C26H48BrNO4. The molecule has 0 bridgehead atoms. The van der Waals surface area contributed by atoms with Crippen LogP contribution in [0.3, 0.4) is 0 Å². The van der Waals surface area contributed by atoms with Crippen LogP contribution < -0.4 is 5.73 Å². The van der Waals surface area contributed by atoms with E-state index in [0.29, 0.717) is 39.4 Å². The summed E-state index contributed by atoms with van der Waals surface area (Å²) in [5, 5.41) is 1.05. The second-order valence-corrected chi connectivity index (χ2v) is 9.04. The summed E-state index contributed by atoms with van der Waals surface area (Å²) in [6.07, 6.45) is 15.7. The van der Waals surface area contributed by atoms with Gasteiger partial charge in [0.05, 0.1) is 19.8 Å². The van der Waals surface area contributed by atoms with E-state index in [0.717, 1.165) is 56.7 Å². The quantitative estimate of drug-likeness (QED) is 0.0759. The summed E-state index contributed by atoms with van der Waals surface area (Å²) < 4.78 is 17.2. The van der Waals surface area contributed by atoms with Gasteiger partial charge < -0.3 is 19.9 Å². The summed E-state index contributed by atoms with van der Waals surface area (Å²) in [4.78, 5) is 12.2. The first kappa shape index (κ1) is 31.4. The van der Waals surface area contributed by atoms with Gasteiger partial charge in [-0.3, -0.25) is 4.79 Å². The first-order valence-electron chi connectivity index (χ1n) is 12.8. The van der Waals surface area contributed by atoms with E-state index in [1.807, 2.05) is 0 Å². The molecule has 0 aliphatic rings. The van der Waals surface area contributed by atoms with Crippen LogP contribution >= 0.6 is 15.9 Å². The number of hydrogen-bond acceptors (Lipinski definition) is 5. The first-order chi connectivity index (χ1) is 15.7. The maximum absolute atomic E-state index is 12.2. The summed E-state index contributed by atoms with van der Waals surface area (Å²) in [6.45, 7) is 4.88. The summed E-state index contributed by atoms with van der Waals surface area (Å²) in [6, 6.07) is 0. The Labute approximate surface area is 206 Å². The molecule has 2 N–H and O–H groups in total. The maximum atomic E-state index is 12.2. The van der Waals surface area contributed by atoms with Gasteiger partial charge in [0.15, 0.2) is 0 Å². The monoisotopic (exact) mass is 517 g/mol. The average molecular weight is 519 g/mol.